The molecule has 4 rings (SSSR count). The van der Waals surface area contributed by atoms with Crippen molar-refractivity contribution in [2.24, 2.45) is 0 Å². The number of nitrogens with zero attached hydrogens (tertiary/aromatic N) is 2. The Kier molecular flexibility index (Phi) is 6.01. The van der Waals surface area contributed by atoms with Crippen molar-refractivity contribution in [2.45, 2.75) is 74.7 Å². The number of nitriles is 1. The van der Waals surface area contributed by atoms with Crippen LogP contribution < -0.4 is 10.6 Å². The number of anilines is 1. The van der Waals surface area contributed by atoms with E-state index in [9.17, 15) is 18.5 Å². The van der Waals surface area contributed by atoms with Crippen LogP contribution in [0, 0.1) is 11.3 Å². The minimum absolute atomic E-state index is 0.181. The molecule has 0 spiro atoms. The van der Waals surface area contributed by atoms with Gasteiger partial charge >= 0.3 is 0 Å². The van der Waals surface area contributed by atoms with Crippen molar-refractivity contribution in [3.63, 3.8) is 0 Å². The molecule has 32 heavy (non-hydrogen) atoms. The van der Waals surface area contributed by atoms with Gasteiger partial charge in [-0.1, -0.05) is 12.5 Å². The van der Waals surface area contributed by atoms with Crippen LogP contribution in [0.15, 0.2) is 21.7 Å². The Hall–Kier alpha value is -1.77. The van der Waals surface area contributed by atoms with Crippen molar-refractivity contribution < 1.29 is 13.2 Å². The lowest BCUT2D eigenvalue weighted by Gasteiger charge is -2.42. The van der Waals surface area contributed by atoms with Crippen molar-refractivity contribution in [3.05, 3.63) is 33.5 Å². The second-order valence-electron chi connectivity index (χ2n) is 9.59. The van der Waals surface area contributed by atoms with Crippen LogP contribution in [0.3, 0.4) is 0 Å². The molecular weight excluding hydrogens is 464 g/mol. The number of amides is 1. The van der Waals surface area contributed by atoms with E-state index in [1.807, 2.05) is 0 Å². The van der Waals surface area contributed by atoms with Crippen LogP contribution in [0.1, 0.15) is 63.0 Å². The first-order valence-electron chi connectivity index (χ1n) is 10.7. The predicted molar refractivity (Wildman–Crippen MR) is 127 cm³/mol. The number of hydrogen-bond acceptors (Lipinski definition) is 7. The van der Waals surface area contributed by atoms with Gasteiger partial charge in [-0.2, -0.15) is 9.57 Å². The third kappa shape index (κ3) is 4.13. The Labute approximate surface area is 197 Å². The van der Waals surface area contributed by atoms with Crippen LogP contribution in [0.5, 0.6) is 0 Å². The maximum Gasteiger partial charge on any atom is 0.253 e. The average molecular weight is 493 g/mol. The van der Waals surface area contributed by atoms with Crippen LogP contribution in [-0.2, 0) is 26.8 Å². The van der Waals surface area contributed by atoms with Gasteiger partial charge in [0.25, 0.3) is 10.0 Å². The van der Waals surface area contributed by atoms with Gasteiger partial charge < -0.3 is 10.6 Å². The molecule has 172 valence electrons. The van der Waals surface area contributed by atoms with Crippen molar-refractivity contribution in [1.29, 1.82) is 5.26 Å². The molecule has 1 atom stereocenters. The monoisotopic (exact) mass is 492 g/mol. The minimum Gasteiger partial charge on any atom is -0.315 e. The molecule has 0 saturated carbocycles. The third-order valence-corrected chi connectivity index (χ3v) is 10.8. The van der Waals surface area contributed by atoms with Crippen molar-refractivity contribution in [1.82, 2.24) is 9.62 Å². The summed E-state index contributed by atoms with van der Waals surface area (Å²) in [5.74, 6) is -0.370. The fourth-order valence-electron chi connectivity index (χ4n) is 4.91. The van der Waals surface area contributed by atoms with E-state index in [0.717, 1.165) is 34.6 Å². The zero-order valence-corrected chi connectivity index (χ0v) is 21.1. The van der Waals surface area contributed by atoms with Crippen molar-refractivity contribution >= 4 is 43.6 Å². The van der Waals surface area contributed by atoms with E-state index in [1.165, 1.54) is 15.6 Å². The fraction of sp³-hybridized carbons (Fsp3) is 0.545. The van der Waals surface area contributed by atoms with Crippen LogP contribution in [0.25, 0.3) is 0 Å². The number of sulfonamides is 1. The van der Waals surface area contributed by atoms with E-state index in [0.29, 0.717) is 30.0 Å². The summed E-state index contributed by atoms with van der Waals surface area (Å²) in [6, 6.07) is 4.77. The smallest absolute Gasteiger partial charge is 0.253 e. The topological polar surface area (TPSA) is 102 Å². The molecule has 2 N–H and O–H groups in total. The van der Waals surface area contributed by atoms with Crippen LogP contribution in [0.4, 0.5) is 5.00 Å². The summed E-state index contributed by atoms with van der Waals surface area (Å²) in [4.78, 5) is 14.4. The van der Waals surface area contributed by atoms with E-state index in [4.69, 9.17) is 0 Å². The first-order chi connectivity index (χ1) is 15.0. The lowest BCUT2D eigenvalue weighted by molar-refractivity contribution is -0.120. The molecule has 1 saturated heterocycles. The average Bonchev–Trinajstić information content (AvgIpc) is 3.35. The number of hydrogen-bond donors (Lipinski definition) is 2. The molecule has 4 heterocycles. The maximum atomic E-state index is 13.3. The fourth-order valence-corrected chi connectivity index (χ4v) is 8.92. The Morgan fingerprint density at radius 2 is 2.06 bits per heavy atom. The molecule has 7 nitrogen and oxygen atoms in total. The summed E-state index contributed by atoms with van der Waals surface area (Å²) in [5.41, 5.74) is 0.938. The molecular formula is C22H28N4O3S3. The number of piperidine rings is 1. The van der Waals surface area contributed by atoms with E-state index in [1.54, 1.807) is 17.5 Å². The minimum atomic E-state index is -3.74. The number of rotatable bonds is 4. The highest BCUT2D eigenvalue weighted by Gasteiger charge is 2.42. The van der Waals surface area contributed by atoms with Gasteiger partial charge in [0.2, 0.25) is 5.91 Å². The van der Waals surface area contributed by atoms with Crippen LogP contribution >= 0.6 is 22.7 Å². The Morgan fingerprint density at radius 3 is 2.72 bits per heavy atom. The van der Waals surface area contributed by atoms with Gasteiger partial charge in [-0.15, -0.1) is 22.7 Å². The number of nitrogens with one attached hydrogen (secondary N) is 2. The number of fused-ring (bicyclic) bond motifs is 1. The second kappa shape index (κ2) is 8.22. The summed E-state index contributed by atoms with van der Waals surface area (Å²) >= 11 is 2.57. The summed E-state index contributed by atoms with van der Waals surface area (Å²) in [6.07, 6.45) is 2.65. The molecule has 1 fully saturated rings. The standard InChI is InChI=1S/C22H28N4O3S3/c1-21(2)12-14-15(13-23)20(31-18(14)22(3,4)25-21)24-19(27)16-8-5-6-10-26(16)32(28,29)17-9-7-11-30-17/h7,9,11,16,25H,5-6,8,10,12H2,1-4H3,(H,24,27). The molecule has 1 unspecified atom stereocenters. The lowest BCUT2D eigenvalue weighted by atomic mass is 9.81. The van der Waals surface area contributed by atoms with E-state index in [-0.39, 0.29) is 21.2 Å². The van der Waals surface area contributed by atoms with Crippen molar-refractivity contribution in [3.8, 4) is 6.07 Å². The molecule has 0 aromatic carbocycles. The van der Waals surface area contributed by atoms with Gasteiger partial charge in [0.05, 0.1) is 5.56 Å². The van der Waals surface area contributed by atoms with E-state index in [2.05, 4.69) is 44.4 Å². The highest BCUT2D eigenvalue weighted by Crippen LogP contribution is 2.45. The molecule has 0 radical (unpaired) electrons. The normalized spacial score (nSPS) is 22.7. The summed E-state index contributed by atoms with van der Waals surface area (Å²) < 4.78 is 27.9. The SMILES string of the molecule is CC1(C)Cc2c(sc(NC(=O)C3CCCCN3S(=O)(=O)c3cccs3)c2C#N)C(C)(C)N1. The molecule has 0 bridgehead atoms. The second-order valence-corrected chi connectivity index (χ2v) is 13.7. The molecule has 2 aromatic rings. The maximum absolute atomic E-state index is 13.3. The van der Waals surface area contributed by atoms with Gasteiger partial charge in [-0.25, -0.2) is 8.42 Å². The molecule has 1 amide bonds. The van der Waals surface area contributed by atoms with Gasteiger partial charge in [0, 0.05) is 22.5 Å². The van der Waals surface area contributed by atoms with Crippen LogP contribution in [-0.4, -0.2) is 36.8 Å². The third-order valence-electron chi connectivity index (χ3n) is 6.01. The molecule has 10 heteroatoms. The molecule has 2 aliphatic heterocycles. The summed E-state index contributed by atoms with van der Waals surface area (Å²) in [7, 11) is -3.74. The highest BCUT2D eigenvalue weighted by molar-refractivity contribution is 7.91. The Balaban J connectivity index is 1.66. The molecule has 2 aliphatic rings. The quantitative estimate of drug-likeness (QED) is 0.671. The van der Waals surface area contributed by atoms with Gasteiger partial charge in [0.1, 0.15) is 21.3 Å². The predicted octanol–water partition coefficient (Wildman–Crippen LogP) is 4.02. The highest BCUT2D eigenvalue weighted by atomic mass is 32.2. The van der Waals surface area contributed by atoms with Gasteiger partial charge in [0.15, 0.2) is 0 Å². The number of carbonyl (C=O) groups is 1. The lowest BCUT2D eigenvalue weighted by Crippen LogP contribution is -2.54. The van der Waals surface area contributed by atoms with E-state index < -0.39 is 16.1 Å². The van der Waals surface area contributed by atoms with Gasteiger partial charge in [-0.3, -0.25) is 4.79 Å². The number of thiophene rings is 2. The first kappa shape index (κ1) is 23.4. The van der Waals surface area contributed by atoms with Crippen molar-refractivity contribution in [2.75, 3.05) is 11.9 Å². The zero-order chi connectivity index (χ0) is 23.3. The first-order valence-corrected chi connectivity index (χ1v) is 13.8. The Bertz CT molecular complexity index is 1170. The van der Waals surface area contributed by atoms with Gasteiger partial charge in [-0.05, 0) is 64.0 Å². The molecule has 0 aliphatic carbocycles. The van der Waals surface area contributed by atoms with Crippen LogP contribution in [0.2, 0.25) is 0 Å². The zero-order valence-electron chi connectivity index (χ0n) is 18.7. The van der Waals surface area contributed by atoms with E-state index >= 15 is 0 Å². The number of carbonyl (C=O) groups excluding carboxylic acids is 1. The molecule has 2 aromatic heterocycles. The largest absolute Gasteiger partial charge is 0.315 e. The summed E-state index contributed by atoms with van der Waals surface area (Å²) in [5, 5.41) is 18.7. The Morgan fingerprint density at radius 1 is 1.31 bits per heavy atom. The summed E-state index contributed by atoms with van der Waals surface area (Å²) in [6.45, 7) is 8.67.